The van der Waals surface area contributed by atoms with E-state index < -0.39 is 0 Å². The molecule has 76 valence electrons. The molecule has 2 aliphatic rings. The SMILES string of the molecule is CC1=CC(=O)C=C(C)C12CCCCC2. The lowest BCUT2D eigenvalue weighted by atomic mass is 9.63. The summed E-state index contributed by atoms with van der Waals surface area (Å²) in [5, 5.41) is 0. The summed E-state index contributed by atoms with van der Waals surface area (Å²) in [5.74, 6) is 0.177. The van der Waals surface area contributed by atoms with Gasteiger partial charge < -0.3 is 0 Å². The van der Waals surface area contributed by atoms with Crippen molar-refractivity contribution in [2.24, 2.45) is 5.41 Å². The molecule has 0 unspecified atom stereocenters. The molecule has 14 heavy (non-hydrogen) atoms. The maximum Gasteiger partial charge on any atom is 0.178 e. The molecule has 0 aromatic rings. The van der Waals surface area contributed by atoms with Crippen LogP contribution in [0.15, 0.2) is 23.3 Å². The molecular weight excluding hydrogens is 172 g/mol. The van der Waals surface area contributed by atoms with Crippen LogP contribution < -0.4 is 0 Å². The second-order valence-electron chi connectivity index (χ2n) is 4.70. The van der Waals surface area contributed by atoms with Crippen LogP contribution in [0.5, 0.6) is 0 Å². The number of ketones is 1. The fraction of sp³-hybridized carbons (Fsp3) is 0.615. The summed E-state index contributed by atoms with van der Waals surface area (Å²) < 4.78 is 0. The van der Waals surface area contributed by atoms with Gasteiger partial charge in [-0.05, 0) is 38.8 Å². The molecule has 0 aliphatic heterocycles. The third-order valence-electron chi connectivity index (χ3n) is 3.93. The van der Waals surface area contributed by atoms with Gasteiger partial charge in [-0.1, -0.05) is 30.4 Å². The van der Waals surface area contributed by atoms with Gasteiger partial charge in [0.1, 0.15) is 0 Å². The van der Waals surface area contributed by atoms with Crippen molar-refractivity contribution in [2.45, 2.75) is 46.0 Å². The maximum atomic E-state index is 11.4. The van der Waals surface area contributed by atoms with Crippen LogP contribution in [0.4, 0.5) is 0 Å². The lowest BCUT2D eigenvalue weighted by Gasteiger charge is -2.41. The van der Waals surface area contributed by atoms with Crippen molar-refractivity contribution in [1.29, 1.82) is 0 Å². The quantitative estimate of drug-likeness (QED) is 0.572. The van der Waals surface area contributed by atoms with Crippen LogP contribution in [0.3, 0.4) is 0 Å². The minimum absolute atomic E-state index is 0.177. The van der Waals surface area contributed by atoms with Crippen molar-refractivity contribution in [2.75, 3.05) is 0 Å². The van der Waals surface area contributed by atoms with Crippen LogP contribution in [-0.2, 0) is 4.79 Å². The molecule has 1 heteroatoms. The Morgan fingerprint density at radius 2 is 1.50 bits per heavy atom. The first kappa shape index (κ1) is 9.70. The molecule has 1 nitrogen and oxygen atoms in total. The predicted molar refractivity (Wildman–Crippen MR) is 58.0 cm³/mol. The maximum absolute atomic E-state index is 11.4. The van der Waals surface area contributed by atoms with E-state index in [9.17, 15) is 4.79 Å². The Morgan fingerprint density at radius 3 is 2.00 bits per heavy atom. The Morgan fingerprint density at radius 1 is 1.00 bits per heavy atom. The van der Waals surface area contributed by atoms with E-state index in [0.717, 1.165) is 0 Å². The Kier molecular flexibility index (Phi) is 2.34. The molecule has 1 spiro atoms. The lowest BCUT2D eigenvalue weighted by Crippen LogP contribution is -2.30. The fourth-order valence-electron chi connectivity index (χ4n) is 3.00. The molecule has 0 heterocycles. The highest BCUT2D eigenvalue weighted by atomic mass is 16.1. The third kappa shape index (κ3) is 1.35. The molecule has 2 aliphatic carbocycles. The minimum atomic E-state index is 0.177. The van der Waals surface area contributed by atoms with E-state index in [1.807, 2.05) is 12.2 Å². The van der Waals surface area contributed by atoms with Gasteiger partial charge in [0, 0.05) is 5.41 Å². The lowest BCUT2D eigenvalue weighted by molar-refractivity contribution is -0.110. The first-order chi connectivity index (χ1) is 6.65. The normalized spacial score (nSPS) is 26.0. The summed E-state index contributed by atoms with van der Waals surface area (Å²) in [6, 6.07) is 0. The van der Waals surface area contributed by atoms with Crippen molar-refractivity contribution in [3.8, 4) is 0 Å². The molecule has 1 saturated carbocycles. The molecule has 0 atom stereocenters. The van der Waals surface area contributed by atoms with Gasteiger partial charge >= 0.3 is 0 Å². The van der Waals surface area contributed by atoms with Crippen LogP contribution in [0, 0.1) is 5.41 Å². The van der Waals surface area contributed by atoms with Gasteiger partial charge in [0.2, 0.25) is 0 Å². The predicted octanol–water partition coefficient (Wildman–Crippen LogP) is 3.41. The first-order valence-electron chi connectivity index (χ1n) is 5.57. The molecule has 0 radical (unpaired) electrons. The topological polar surface area (TPSA) is 17.1 Å². The van der Waals surface area contributed by atoms with Gasteiger partial charge in [-0.15, -0.1) is 0 Å². The Balaban J connectivity index is 2.37. The summed E-state index contributed by atoms with van der Waals surface area (Å²) in [7, 11) is 0. The van der Waals surface area contributed by atoms with E-state index in [1.165, 1.54) is 43.3 Å². The Bertz CT molecular complexity index is 290. The summed E-state index contributed by atoms with van der Waals surface area (Å²) in [4.78, 5) is 11.4. The zero-order chi connectivity index (χ0) is 10.2. The smallest absolute Gasteiger partial charge is 0.178 e. The molecule has 0 N–H and O–H groups in total. The fourth-order valence-corrected chi connectivity index (χ4v) is 3.00. The van der Waals surface area contributed by atoms with Gasteiger partial charge in [0.15, 0.2) is 5.78 Å². The van der Waals surface area contributed by atoms with E-state index in [-0.39, 0.29) is 11.2 Å². The number of rotatable bonds is 0. The highest BCUT2D eigenvalue weighted by Gasteiger charge is 2.37. The molecule has 0 aromatic heterocycles. The molecule has 1 fully saturated rings. The summed E-state index contributed by atoms with van der Waals surface area (Å²) in [6.45, 7) is 4.25. The zero-order valence-corrected chi connectivity index (χ0v) is 9.10. The summed E-state index contributed by atoms with van der Waals surface area (Å²) in [5.41, 5.74) is 2.84. The van der Waals surface area contributed by atoms with E-state index in [0.29, 0.717) is 0 Å². The highest BCUT2D eigenvalue weighted by Crippen LogP contribution is 2.49. The zero-order valence-electron chi connectivity index (χ0n) is 9.10. The van der Waals surface area contributed by atoms with Gasteiger partial charge in [-0.2, -0.15) is 0 Å². The Hall–Kier alpha value is -0.850. The van der Waals surface area contributed by atoms with Gasteiger partial charge in [-0.25, -0.2) is 0 Å². The highest BCUT2D eigenvalue weighted by molar-refractivity contribution is 6.01. The van der Waals surface area contributed by atoms with Crippen molar-refractivity contribution in [1.82, 2.24) is 0 Å². The van der Waals surface area contributed by atoms with E-state index in [2.05, 4.69) is 13.8 Å². The van der Waals surface area contributed by atoms with Gasteiger partial charge in [0.05, 0.1) is 0 Å². The molecular formula is C13H18O. The second kappa shape index (κ2) is 3.38. The standard InChI is InChI=1S/C13H18O/c1-10-8-12(14)9-11(2)13(10)6-4-3-5-7-13/h8-9H,3-7H2,1-2H3. The summed E-state index contributed by atoms with van der Waals surface area (Å²) >= 11 is 0. The van der Waals surface area contributed by atoms with E-state index >= 15 is 0 Å². The molecule has 0 bridgehead atoms. The van der Waals surface area contributed by atoms with Crippen LogP contribution in [0.2, 0.25) is 0 Å². The van der Waals surface area contributed by atoms with E-state index in [4.69, 9.17) is 0 Å². The number of carbonyl (C=O) groups excluding carboxylic acids is 1. The van der Waals surface area contributed by atoms with Gasteiger partial charge in [0.25, 0.3) is 0 Å². The number of allylic oxidation sites excluding steroid dienone is 4. The average Bonchev–Trinajstić information content (AvgIpc) is 2.16. The molecule has 0 saturated heterocycles. The largest absolute Gasteiger partial charge is 0.290 e. The molecule has 2 rings (SSSR count). The van der Waals surface area contributed by atoms with Crippen LogP contribution in [0.25, 0.3) is 0 Å². The minimum Gasteiger partial charge on any atom is -0.290 e. The van der Waals surface area contributed by atoms with Gasteiger partial charge in [-0.3, -0.25) is 4.79 Å². The average molecular weight is 190 g/mol. The van der Waals surface area contributed by atoms with Crippen LogP contribution >= 0.6 is 0 Å². The van der Waals surface area contributed by atoms with Crippen molar-refractivity contribution >= 4 is 5.78 Å². The van der Waals surface area contributed by atoms with E-state index in [1.54, 1.807) is 0 Å². The molecule has 0 amide bonds. The first-order valence-corrected chi connectivity index (χ1v) is 5.57. The molecule has 0 aromatic carbocycles. The Labute approximate surface area is 85.9 Å². The van der Waals surface area contributed by atoms with Crippen molar-refractivity contribution < 1.29 is 4.79 Å². The number of carbonyl (C=O) groups is 1. The van der Waals surface area contributed by atoms with Crippen LogP contribution in [0.1, 0.15) is 46.0 Å². The van der Waals surface area contributed by atoms with Crippen molar-refractivity contribution in [3.05, 3.63) is 23.3 Å². The van der Waals surface area contributed by atoms with Crippen molar-refractivity contribution in [3.63, 3.8) is 0 Å². The number of hydrogen-bond donors (Lipinski definition) is 0. The third-order valence-corrected chi connectivity index (χ3v) is 3.93. The summed E-state index contributed by atoms with van der Waals surface area (Å²) in [6.07, 6.45) is 10.1. The monoisotopic (exact) mass is 190 g/mol. The van der Waals surface area contributed by atoms with Crippen LogP contribution in [-0.4, -0.2) is 5.78 Å². The second-order valence-corrected chi connectivity index (χ2v) is 4.70. The number of hydrogen-bond acceptors (Lipinski definition) is 1.